The number of carbonyl (C=O) groups is 1. The topological polar surface area (TPSA) is 57.5 Å². The molecule has 0 aliphatic heterocycles. The van der Waals surface area contributed by atoms with Crippen molar-refractivity contribution < 1.29 is 15.0 Å². The van der Waals surface area contributed by atoms with Crippen molar-refractivity contribution >= 4 is 16.9 Å². The van der Waals surface area contributed by atoms with Crippen LogP contribution in [-0.4, -0.2) is 33.8 Å². The van der Waals surface area contributed by atoms with Crippen LogP contribution in [0.15, 0.2) is 12.2 Å². The molecule has 2 N–H and O–H groups in total. The molecule has 0 unspecified atom stereocenters. The van der Waals surface area contributed by atoms with E-state index in [1.807, 2.05) is 0 Å². The summed E-state index contributed by atoms with van der Waals surface area (Å²) in [5.41, 5.74) is 0.216. The molecule has 0 amide bonds. The van der Waals surface area contributed by atoms with Gasteiger partial charge in [0, 0.05) is 12.2 Å². The van der Waals surface area contributed by atoms with Gasteiger partial charge in [0.1, 0.15) is 0 Å². The van der Waals surface area contributed by atoms with Crippen LogP contribution in [0.1, 0.15) is 19.3 Å². The van der Waals surface area contributed by atoms with Crippen molar-refractivity contribution in [2.24, 2.45) is 0 Å². The van der Waals surface area contributed by atoms with E-state index in [0.717, 1.165) is 0 Å². The molecule has 0 aromatic heterocycles. The van der Waals surface area contributed by atoms with Gasteiger partial charge < -0.3 is 10.2 Å². The van der Waals surface area contributed by atoms with E-state index in [9.17, 15) is 4.79 Å². The lowest BCUT2D eigenvalue weighted by Crippen LogP contribution is -1.98. The summed E-state index contributed by atoms with van der Waals surface area (Å²) in [5, 5.41) is 16.7. The Kier molecular flexibility index (Phi) is 8.86. The van der Waals surface area contributed by atoms with Gasteiger partial charge in [-0.3, -0.25) is 0 Å². The predicted molar refractivity (Wildman–Crippen MR) is 49.0 cm³/mol. The number of carboxylic acids is 1. The fourth-order valence-corrected chi connectivity index (χ4v) is 0.557. The Morgan fingerprint density at radius 2 is 1.91 bits per heavy atom. The average molecular weight is 176 g/mol. The minimum Gasteiger partial charge on any atom is -0.478 e. The van der Waals surface area contributed by atoms with Crippen molar-refractivity contribution in [2.45, 2.75) is 19.3 Å². The van der Waals surface area contributed by atoms with E-state index < -0.39 is 5.97 Å². The summed E-state index contributed by atoms with van der Waals surface area (Å²) in [6.07, 6.45) is 1.81. The number of hydrogen-bond acceptors (Lipinski definition) is 2. The second-order valence-electron chi connectivity index (χ2n) is 2.09. The van der Waals surface area contributed by atoms with Crippen LogP contribution in [0.5, 0.6) is 0 Å². The third kappa shape index (κ3) is 7.28. The maximum absolute atomic E-state index is 10.1. The van der Waals surface area contributed by atoms with Crippen LogP contribution in [0.3, 0.4) is 0 Å². The highest BCUT2D eigenvalue weighted by Gasteiger charge is 2.01. The SMILES string of the molecule is C=C(CCCCO)C(=O)O.[SiH4]. The van der Waals surface area contributed by atoms with Gasteiger partial charge in [0.05, 0.1) is 0 Å². The van der Waals surface area contributed by atoms with Crippen LogP contribution in [0.4, 0.5) is 0 Å². The van der Waals surface area contributed by atoms with Gasteiger partial charge in [0.2, 0.25) is 0 Å². The fourth-order valence-electron chi connectivity index (χ4n) is 0.557. The monoisotopic (exact) mass is 176 g/mol. The van der Waals surface area contributed by atoms with E-state index in [4.69, 9.17) is 10.2 Å². The standard InChI is InChI=1S/C7H12O3.H4Si/c1-6(7(9)10)4-2-3-5-8;/h8H,1-5H2,(H,9,10);1H4. The molecule has 0 aliphatic carbocycles. The Morgan fingerprint density at radius 3 is 2.27 bits per heavy atom. The van der Waals surface area contributed by atoms with E-state index in [1.165, 1.54) is 0 Å². The minimum atomic E-state index is -0.946. The van der Waals surface area contributed by atoms with Gasteiger partial charge in [-0.15, -0.1) is 0 Å². The van der Waals surface area contributed by atoms with Gasteiger partial charge in [-0.2, -0.15) is 0 Å². The highest BCUT2D eigenvalue weighted by atomic mass is 28.1. The molecule has 0 radical (unpaired) electrons. The number of aliphatic carboxylic acids is 1. The second-order valence-corrected chi connectivity index (χ2v) is 2.09. The third-order valence-electron chi connectivity index (χ3n) is 1.19. The van der Waals surface area contributed by atoms with Crippen molar-refractivity contribution in [3.05, 3.63) is 12.2 Å². The number of hydrogen-bond donors (Lipinski definition) is 2. The summed E-state index contributed by atoms with van der Waals surface area (Å²) in [7, 11) is 0. The Balaban J connectivity index is 0. The van der Waals surface area contributed by atoms with Crippen molar-refractivity contribution in [3.63, 3.8) is 0 Å². The molecule has 0 saturated heterocycles. The van der Waals surface area contributed by atoms with Gasteiger partial charge in [0.15, 0.2) is 0 Å². The molecular weight excluding hydrogens is 160 g/mol. The van der Waals surface area contributed by atoms with Gasteiger partial charge in [0.25, 0.3) is 0 Å². The Labute approximate surface area is 70.8 Å². The second kappa shape index (κ2) is 7.49. The van der Waals surface area contributed by atoms with E-state index in [2.05, 4.69) is 6.58 Å². The summed E-state index contributed by atoms with van der Waals surface area (Å²) in [6, 6.07) is 0. The van der Waals surface area contributed by atoms with Crippen molar-refractivity contribution in [1.29, 1.82) is 0 Å². The summed E-state index contributed by atoms with van der Waals surface area (Å²) in [6.45, 7) is 3.46. The first-order chi connectivity index (χ1) is 4.68. The summed E-state index contributed by atoms with van der Waals surface area (Å²) in [4.78, 5) is 10.1. The van der Waals surface area contributed by atoms with Crippen molar-refractivity contribution in [1.82, 2.24) is 0 Å². The molecule has 0 saturated carbocycles. The molecule has 0 fully saturated rings. The Hall–Kier alpha value is -0.613. The van der Waals surface area contributed by atoms with Crippen molar-refractivity contribution in [2.75, 3.05) is 6.61 Å². The molecule has 0 spiro atoms. The summed E-state index contributed by atoms with van der Waals surface area (Å²) < 4.78 is 0. The maximum Gasteiger partial charge on any atom is 0.330 e. The lowest BCUT2D eigenvalue weighted by atomic mass is 10.1. The van der Waals surface area contributed by atoms with Crippen LogP contribution >= 0.6 is 0 Å². The zero-order valence-corrected chi connectivity index (χ0v) is 5.84. The van der Waals surface area contributed by atoms with Crippen LogP contribution in [0.25, 0.3) is 0 Å². The molecule has 0 aliphatic rings. The molecule has 0 heterocycles. The molecule has 11 heavy (non-hydrogen) atoms. The summed E-state index contributed by atoms with van der Waals surface area (Å²) >= 11 is 0. The van der Waals surface area contributed by atoms with E-state index >= 15 is 0 Å². The maximum atomic E-state index is 10.1. The smallest absolute Gasteiger partial charge is 0.330 e. The molecule has 0 aromatic carbocycles. The quantitative estimate of drug-likeness (QED) is 0.332. The van der Waals surface area contributed by atoms with Gasteiger partial charge in [-0.05, 0) is 30.2 Å². The van der Waals surface area contributed by atoms with Crippen LogP contribution in [0.2, 0.25) is 0 Å². The largest absolute Gasteiger partial charge is 0.478 e. The van der Waals surface area contributed by atoms with E-state index in [0.29, 0.717) is 19.3 Å². The zero-order valence-electron chi connectivity index (χ0n) is 5.84. The van der Waals surface area contributed by atoms with Crippen LogP contribution < -0.4 is 0 Å². The normalized spacial score (nSPS) is 8.45. The average Bonchev–Trinajstić information content (AvgIpc) is 1.88. The molecule has 4 heteroatoms. The van der Waals surface area contributed by atoms with Crippen LogP contribution in [0, 0.1) is 0 Å². The first-order valence-corrected chi connectivity index (χ1v) is 3.20. The van der Waals surface area contributed by atoms with E-state index in [1.54, 1.807) is 0 Å². The lowest BCUT2D eigenvalue weighted by molar-refractivity contribution is -0.132. The molecule has 66 valence electrons. The molecule has 3 nitrogen and oxygen atoms in total. The lowest BCUT2D eigenvalue weighted by Gasteiger charge is -1.96. The van der Waals surface area contributed by atoms with Gasteiger partial charge in [-0.1, -0.05) is 6.58 Å². The van der Waals surface area contributed by atoms with Gasteiger partial charge in [-0.25, -0.2) is 4.79 Å². The van der Waals surface area contributed by atoms with Crippen LogP contribution in [-0.2, 0) is 4.79 Å². The number of carboxylic acid groups (broad SMARTS) is 1. The summed E-state index contributed by atoms with van der Waals surface area (Å²) in [5.74, 6) is -0.946. The van der Waals surface area contributed by atoms with E-state index in [-0.39, 0.29) is 23.1 Å². The highest BCUT2D eigenvalue weighted by molar-refractivity contribution is 5.85. The Bertz CT molecular complexity index is 134. The number of rotatable bonds is 5. The Morgan fingerprint density at radius 1 is 1.36 bits per heavy atom. The third-order valence-corrected chi connectivity index (χ3v) is 1.19. The first-order valence-electron chi connectivity index (χ1n) is 3.20. The van der Waals surface area contributed by atoms with Crippen molar-refractivity contribution in [3.8, 4) is 0 Å². The number of unbranched alkanes of at least 4 members (excludes halogenated alkanes) is 1. The predicted octanol–water partition coefficient (Wildman–Crippen LogP) is -0.662. The molecule has 0 rings (SSSR count). The molecule has 0 bridgehead atoms. The molecular formula is C7H16O3Si. The molecule has 0 atom stereocenters. The number of aliphatic hydroxyl groups is 1. The zero-order chi connectivity index (χ0) is 7.98. The minimum absolute atomic E-state index is 0. The highest BCUT2D eigenvalue weighted by Crippen LogP contribution is 2.03. The molecule has 0 aromatic rings. The number of aliphatic hydroxyl groups excluding tert-OH is 1. The first kappa shape index (κ1) is 13.0. The fraction of sp³-hybridized carbons (Fsp3) is 0.571. The van der Waals surface area contributed by atoms with Gasteiger partial charge >= 0.3 is 5.97 Å².